The molecule has 0 radical (unpaired) electrons. The topological polar surface area (TPSA) is 48.2 Å². The van der Waals surface area contributed by atoms with Crippen molar-refractivity contribution in [2.75, 3.05) is 13.0 Å². The molecule has 0 saturated heterocycles. The van der Waals surface area contributed by atoms with Crippen LogP contribution in [0.1, 0.15) is 11.8 Å². The van der Waals surface area contributed by atoms with Gasteiger partial charge in [-0.1, -0.05) is 0 Å². The highest BCUT2D eigenvalue weighted by Crippen LogP contribution is 2.01. The minimum atomic E-state index is 0.356. The van der Waals surface area contributed by atoms with Crippen LogP contribution in [-0.4, -0.2) is 23.2 Å². The van der Waals surface area contributed by atoms with E-state index in [0.717, 1.165) is 0 Å². The average molecular weight is 177 g/mol. The van der Waals surface area contributed by atoms with Crippen molar-refractivity contribution >= 4 is 11.6 Å². The van der Waals surface area contributed by atoms with Gasteiger partial charge in [-0.3, -0.25) is 0 Å². The van der Waals surface area contributed by atoms with Crippen molar-refractivity contribution in [3.63, 3.8) is 0 Å². The molecule has 0 aliphatic rings. The van der Waals surface area contributed by atoms with Gasteiger partial charge < -0.3 is 9.15 Å². The van der Waals surface area contributed by atoms with Gasteiger partial charge in [0.25, 0.3) is 0 Å². The van der Waals surface area contributed by atoms with E-state index in [2.05, 4.69) is 10.2 Å². The second-order valence-corrected chi connectivity index (χ2v) is 2.34. The second-order valence-electron chi connectivity index (χ2n) is 1.96. The van der Waals surface area contributed by atoms with Gasteiger partial charge in [0.15, 0.2) is 0 Å². The number of ether oxygens (including phenoxy) is 1. The molecule has 0 fully saturated rings. The molecule has 0 atom stereocenters. The molecule has 1 heterocycles. The SMILES string of the molecule is COCc1nnc(CCCl)o1. The fraction of sp³-hybridized carbons (Fsp3) is 0.667. The molecule has 4 nitrogen and oxygen atoms in total. The summed E-state index contributed by atoms with van der Waals surface area (Å²) in [6.45, 7) is 0.356. The number of aryl methyl sites for hydroxylation is 1. The Bertz CT molecular complexity index is 194. The molecule has 1 aromatic heterocycles. The number of alkyl halides is 1. The molecular weight excluding hydrogens is 168 g/mol. The third-order valence-electron chi connectivity index (χ3n) is 1.08. The highest BCUT2D eigenvalue weighted by Gasteiger charge is 2.03. The first-order valence-corrected chi connectivity index (χ1v) is 3.76. The summed E-state index contributed by atoms with van der Waals surface area (Å²) < 4.78 is 9.92. The van der Waals surface area contributed by atoms with Crippen LogP contribution in [-0.2, 0) is 17.8 Å². The van der Waals surface area contributed by atoms with Gasteiger partial charge in [-0.25, -0.2) is 0 Å². The van der Waals surface area contributed by atoms with Gasteiger partial charge >= 0.3 is 0 Å². The number of aromatic nitrogens is 2. The summed E-state index contributed by atoms with van der Waals surface area (Å²) in [7, 11) is 1.57. The van der Waals surface area contributed by atoms with Crippen molar-refractivity contribution in [3.8, 4) is 0 Å². The maximum Gasteiger partial charge on any atom is 0.242 e. The number of halogens is 1. The summed E-state index contributed by atoms with van der Waals surface area (Å²) >= 11 is 5.46. The van der Waals surface area contributed by atoms with Crippen molar-refractivity contribution in [2.45, 2.75) is 13.0 Å². The van der Waals surface area contributed by atoms with E-state index >= 15 is 0 Å². The molecule has 0 unspecified atom stereocenters. The van der Waals surface area contributed by atoms with Crippen LogP contribution < -0.4 is 0 Å². The summed E-state index contributed by atoms with van der Waals surface area (Å²) in [5.41, 5.74) is 0. The van der Waals surface area contributed by atoms with Gasteiger partial charge in [-0.05, 0) is 0 Å². The molecule has 1 rings (SSSR count). The molecule has 5 heteroatoms. The van der Waals surface area contributed by atoms with E-state index in [0.29, 0.717) is 30.7 Å². The molecule has 0 bridgehead atoms. The summed E-state index contributed by atoms with van der Waals surface area (Å²) in [6, 6.07) is 0. The largest absolute Gasteiger partial charge is 0.423 e. The predicted octanol–water partition coefficient (Wildman–Crippen LogP) is 0.997. The Morgan fingerprint density at radius 2 is 2.18 bits per heavy atom. The van der Waals surface area contributed by atoms with Crippen LogP contribution >= 0.6 is 11.6 Å². The maximum atomic E-state index is 5.46. The summed E-state index contributed by atoms with van der Waals surface area (Å²) in [6.07, 6.45) is 0.609. The fourth-order valence-corrected chi connectivity index (χ4v) is 0.814. The zero-order valence-electron chi connectivity index (χ0n) is 6.21. The Morgan fingerprint density at radius 1 is 1.45 bits per heavy atom. The average Bonchev–Trinajstić information content (AvgIpc) is 2.38. The quantitative estimate of drug-likeness (QED) is 0.643. The lowest BCUT2D eigenvalue weighted by molar-refractivity contribution is 0.158. The van der Waals surface area contributed by atoms with Crippen LogP contribution in [0.15, 0.2) is 4.42 Å². The molecule has 0 aliphatic carbocycles. The van der Waals surface area contributed by atoms with E-state index in [1.54, 1.807) is 7.11 Å². The lowest BCUT2D eigenvalue weighted by atomic mass is 10.5. The summed E-state index contributed by atoms with van der Waals surface area (Å²) in [4.78, 5) is 0. The smallest absolute Gasteiger partial charge is 0.242 e. The predicted molar refractivity (Wildman–Crippen MR) is 39.4 cm³/mol. The van der Waals surface area contributed by atoms with Gasteiger partial charge in [0, 0.05) is 19.4 Å². The van der Waals surface area contributed by atoms with Crippen LogP contribution in [0.4, 0.5) is 0 Å². The van der Waals surface area contributed by atoms with E-state index in [-0.39, 0.29) is 0 Å². The van der Waals surface area contributed by atoms with Crippen molar-refractivity contribution in [3.05, 3.63) is 11.8 Å². The van der Waals surface area contributed by atoms with Crippen molar-refractivity contribution < 1.29 is 9.15 Å². The number of rotatable bonds is 4. The molecular formula is C6H9ClN2O2. The Morgan fingerprint density at radius 3 is 2.82 bits per heavy atom. The standard InChI is InChI=1S/C6H9ClN2O2/c1-10-4-6-9-8-5(11-6)2-3-7/h2-4H2,1H3. The van der Waals surface area contributed by atoms with Crippen molar-refractivity contribution in [2.24, 2.45) is 0 Å². The zero-order valence-corrected chi connectivity index (χ0v) is 6.97. The first-order valence-electron chi connectivity index (χ1n) is 3.23. The Balaban J connectivity index is 2.51. The lowest BCUT2D eigenvalue weighted by Crippen LogP contribution is -1.85. The molecule has 0 N–H and O–H groups in total. The van der Waals surface area contributed by atoms with Crippen molar-refractivity contribution in [1.29, 1.82) is 0 Å². The van der Waals surface area contributed by atoms with Gasteiger partial charge in [-0.15, -0.1) is 21.8 Å². The summed E-state index contributed by atoms with van der Waals surface area (Å²) in [5, 5.41) is 7.47. The minimum Gasteiger partial charge on any atom is -0.423 e. The van der Waals surface area contributed by atoms with E-state index in [1.807, 2.05) is 0 Å². The van der Waals surface area contributed by atoms with E-state index in [9.17, 15) is 0 Å². The molecule has 0 spiro atoms. The van der Waals surface area contributed by atoms with Gasteiger partial charge in [0.2, 0.25) is 11.8 Å². The van der Waals surface area contributed by atoms with E-state index in [4.69, 9.17) is 20.8 Å². The molecule has 11 heavy (non-hydrogen) atoms. The molecule has 1 aromatic rings. The first kappa shape index (κ1) is 8.49. The highest BCUT2D eigenvalue weighted by molar-refractivity contribution is 6.17. The zero-order chi connectivity index (χ0) is 8.10. The van der Waals surface area contributed by atoms with Crippen LogP contribution in [0.5, 0.6) is 0 Å². The van der Waals surface area contributed by atoms with Gasteiger partial charge in [-0.2, -0.15) is 0 Å². The highest BCUT2D eigenvalue weighted by atomic mass is 35.5. The maximum absolute atomic E-state index is 5.46. The minimum absolute atomic E-state index is 0.356. The van der Waals surface area contributed by atoms with E-state index in [1.165, 1.54) is 0 Å². The molecule has 0 aliphatic heterocycles. The Hall–Kier alpha value is -0.610. The number of nitrogens with zero attached hydrogens (tertiary/aromatic N) is 2. The Labute approximate surface area is 69.5 Å². The molecule has 62 valence electrons. The van der Waals surface area contributed by atoms with Crippen LogP contribution in [0, 0.1) is 0 Å². The normalized spacial score (nSPS) is 10.4. The van der Waals surface area contributed by atoms with Crippen LogP contribution in [0.2, 0.25) is 0 Å². The fourth-order valence-electron chi connectivity index (χ4n) is 0.652. The third kappa shape index (κ3) is 2.48. The number of methoxy groups -OCH3 is 1. The Kier molecular flexibility index (Phi) is 3.32. The lowest BCUT2D eigenvalue weighted by Gasteiger charge is -1.88. The second kappa shape index (κ2) is 4.31. The van der Waals surface area contributed by atoms with Crippen LogP contribution in [0.3, 0.4) is 0 Å². The first-order chi connectivity index (χ1) is 5.36. The van der Waals surface area contributed by atoms with Crippen LogP contribution in [0.25, 0.3) is 0 Å². The molecule has 0 amide bonds. The van der Waals surface area contributed by atoms with Gasteiger partial charge in [0.05, 0.1) is 0 Å². The third-order valence-corrected chi connectivity index (χ3v) is 1.27. The van der Waals surface area contributed by atoms with Gasteiger partial charge in [0.1, 0.15) is 6.61 Å². The molecule has 0 saturated carbocycles. The van der Waals surface area contributed by atoms with E-state index < -0.39 is 0 Å². The molecule has 0 aromatic carbocycles. The summed E-state index contributed by atoms with van der Waals surface area (Å²) in [5.74, 6) is 1.55. The number of hydrogen-bond acceptors (Lipinski definition) is 4. The van der Waals surface area contributed by atoms with Crippen molar-refractivity contribution in [1.82, 2.24) is 10.2 Å². The number of hydrogen-bond donors (Lipinski definition) is 0. The monoisotopic (exact) mass is 176 g/mol.